The van der Waals surface area contributed by atoms with Gasteiger partial charge in [0, 0.05) is 20.0 Å². The molecule has 0 radical (unpaired) electrons. The van der Waals surface area contributed by atoms with Crippen molar-refractivity contribution in [2.24, 2.45) is 0 Å². The third kappa shape index (κ3) is 7.05. The number of aromatic nitrogens is 3. The van der Waals surface area contributed by atoms with Gasteiger partial charge in [-0.3, -0.25) is 9.32 Å². The van der Waals surface area contributed by atoms with Crippen LogP contribution in [0.15, 0.2) is 48.8 Å². The third-order valence-corrected chi connectivity index (χ3v) is 8.34. The molecule has 0 aliphatic carbocycles. The molecule has 2 unspecified atom stereocenters. The van der Waals surface area contributed by atoms with Gasteiger partial charge < -0.3 is 34.7 Å². The average molecular weight is 605 g/mol. The van der Waals surface area contributed by atoms with E-state index in [1.807, 2.05) is 0 Å². The number of nitrogens with one attached hydrogen (secondary N) is 1. The normalized spacial score (nSPS) is 19.1. The van der Waals surface area contributed by atoms with Gasteiger partial charge in [0.2, 0.25) is 5.60 Å². The molecule has 0 saturated carbocycles. The lowest BCUT2D eigenvalue weighted by Crippen LogP contribution is -2.50. The fraction of sp³-hybridized carbons (Fsp3) is 0.462. The Kier molecular flexibility index (Phi) is 10.1. The summed E-state index contributed by atoms with van der Waals surface area (Å²) in [7, 11) is -3.33. The summed E-state index contributed by atoms with van der Waals surface area (Å²) in [5.74, 6) is -0.428. The number of para-hydroxylation sites is 1. The topological polar surface area (TPSA) is 213 Å². The van der Waals surface area contributed by atoms with Crippen molar-refractivity contribution in [3.05, 3.63) is 54.5 Å². The van der Waals surface area contributed by atoms with Crippen LogP contribution >= 0.6 is 7.75 Å². The largest absolute Gasteiger partial charge is 0.461 e. The second kappa shape index (κ2) is 13.6. The minimum atomic E-state index is -4.44. The lowest BCUT2D eigenvalue weighted by atomic mass is 9.93. The maximum absolute atomic E-state index is 14.0. The number of hydrogen-bond donors (Lipinski definition) is 4. The summed E-state index contributed by atoms with van der Waals surface area (Å²) in [5, 5.41) is 38.9. The van der Waals surface area contributed by atoms with Crippen LogP contribution in [0.5, 0.6) is 5.75 Å². The highest BCUT2D eigenvalue weighted by atomic mass is 31.2. The molecule has 0 bridgehead atoms. The Hall–Kier alpha value is -3.61. The van der Waals surface area contributed by atoms with E-state index >= 15 is 0 Å². The Bertz CT molecular complexity index is 1450. The number of ether oxygens (including phenoxy) is 3. The van der Waals surface area contributed by atoms with E-state index < -0.39 is 44.2 Å². The number of fused-ring (bicyclic) bond motifs is 1. The van der Waals surface area contributed by atoms with Gasteiger partial charge in [0.15, 0.2) is 5.82 Å². The molecule has 1 aliphatic rings. The van der Waals surface area contributed by atoms with Crippen molar-refractivity contribution in [1.29, 1.82) is 5.26 Å². The van der Waals surface area contributed by atoms with Crippen molar-refractivity contribution in [2.45, 2.75) is 49.7 Å². The minimum Gasteiger partial charge on any atom is -0.461 e. The van der Waals surface area contributed by atoms with E-state index in [1.54, 1.807) is 24.3 Å². The summed E-state index contributed by atoms with van der Waals surface area (Å²) in [5.41, 5.74) is 4.03. The first-order valence-corrected chi connectivity index (χ1v) is 14.6. The van der Waals surface area contributed by atoms with E-state index in [0.717, 1.165) is 7.11 Å². The fourth-order valence-electron chi connectivity index (χ4n) is 4.26. The summed E-state index contributed by atoms with van der Waals surface area (Å²) < 4.78 is 42.6. The average Bonchev–Trinajstić information content (AvgIpc) is 3.44. The number of anilines is 1. The van der Waals surface area contributed by atoms with Gasteiger partial charge in [0.05, 0.1) is 18.9 Å². The molecule has 16 heteroatoms. The number of methoxy groups -OCH3 is 1. The van der Waals surface area contributed by atoms with E-state index in [2.05, 4.69) is 15.2 Å². The van der Waals surface area contributed by atoms with Gasteiger partial charge >= 0.3 is 13.7 Å². The zero-order valence-electron chi connectivity index (χ0n) is 23.0. The molecule has 226 valence electrons. The van der Waals surface area contributed by atoms with Gasteiger partial charge in [-0.25, -0.2) is 14.1 Å². The zero-order chi connectivity index (χ0) is 30.3. The van der Waals surface area contributed by atoms with Crippen LogP contribution in [0, 0.1) is 11.3 Å². The Morgan fingerprint density at radius 2 is 2.00 bits per heavy atom. The number of aliphatic hydroxyl groups excluding tert-OH is 2. The number of carbonyl (C=O) groups excluding carboxylic acids is 1. The van der Waals surface area contributed by atoms with E-state index in [4.69, 9.17) is 29.0 Å². The summed E-state index contributed by atoms with van der Waals surface area (Å²) in [6.07, 6.45) is -1.81. The second-order valence-electron chi connectivity index (χ2n) is 9.57. The highest BCUT2D eigenvalue weighted by Gasteiger charge is 2.47. The number of nitrogens with zero attached hydrogens (tertiary/aromatic N) is 4. The Labute approximate surface area is 241 Å². The van der Waals surface area contributed by atoms with Crippen molar-refractivity contribution in [2.75, 3.05) is 32.7 Å². The van der Waals surface area contributed by atoms with Crippen LogP contribution in [-0.4, -0.2) is 81.6 Å². The first-order valence-electron chi connectivity index (χ1n) is 13.1. The molecule has 15 nitrogen and oxygen atoms in total. The van der Waals surface area contributed by atoms with Crippen LogP contribution in [0.4, 0.5) is 5.82 Å². The molecular formula is C26H33N6O9P. The minimum absolute atomic E-state index is 0.0783. The Morgan fingerprint density at radius 1 is 1.29 bits per heavy atom. The van der Waals surface area contributed by atoms with Gasteiger partial charge in [0.1, 0.15) is 54.6 Å². The van der Waals surface area contributed by atoms with E-state index in [-0.39, 0.29) is 23.4 Å². The molecule has 4 rings (SSSR count). The molecule has 2 aromatic heterocycles. The number of benzene rings is 1. The van der Waals surface area contributed by atoms with Crippen molar-refractivity contribution in [3.63, 3.8) is 0 Å². The summed E-state index contributed by atoms with van der Waals surface area (Å²) in [6.45, 7) is 1.49. The molecule has 42 heavy (non-hydrogen) atoms. The molecule has 1 saturated heterocycles. The van der Waals surface area contributed by atoms with Crippen molar-refractivity contribution >= 4 is 25.1 Å². The number of aliphatic hydroxyl groups is 2. The van der Waals surface area contributed by atoms with Gasteiger partial charge in [-0.1, -0.05) is 18.2 Å². The fourth-order valence-corrected chi connectivity index (χ4v) is 5.78. The number of esters is 1. The molecule has 0 spiro atoms. The van der Waals surface area contributed by atoms with Gasteiger partial charge in [-0.05, 0) is 31.2 Å². The summed E-state index contributed by atoms with van der Waals surface area (Å²) in [4.78, 5) is 16.7. The number of hydrogen-bond acceptors (Lipinski definition) is 13. The molecule has 1 aromatic carbocycles. The number of rotatable bonds is 13. The van der Waals surface area contributed by atoms with Gasteiger partial charge in [0.25, 0.3) is 0 Å². The smallest absolute Gasteiger partial charge is 0.459 e. The summed E-state index contributed by atoms with van der Waals surface area (Å²) >= 11 is 0. The molecule has 5 atom stereocenters. The van der Waals surface area contributed by atoms with E-state index in [1.165, 1.54) is 42.0 Å². The Balaban J connectivity index is 1.54. The van der Waals surface area contributed by atoms with Crippen LogP contribution in [0.2, 0.25) is 0 Å². The predicted molar refractivity (Wildman–Crippen MR) is 147 cm³/mol. The van der Waals surface area contributed by atoms with Crippen molar-refractivity contribution in [3.8, 4) is 11.8 Å². The molecule has 0 amide bonds. The standard InChI is InChI=1S/C26H33N6O9P/c1-17(25(35)40-18-10-12-38-13-11-18)31-42(36,41-19-6-4-3-5-7-19)39-15-26(14-27,37-2)23(34)22(33)20-8-9-21-24(28)29-16-30-32(20)21/h3-9,16-18,22-23,33-34H,10-13,15H2,1-2H3,(H,31,36)(H2,28,29,30)/t17-,22-,23-,26?,42?/m0/s1. The molecule has 3 aromatic rings. The monoisotopic (exact) mass is 604 g/mol. The predicted octanol–water partition coefficient (Wildman–Crippen LogP) is 1.52. The van der Waals surface area contributed by atoms with Gasteiger partial charge in [-0.2, -0.15) is 15.4 Å². The molecule has 1 aliphatic heterocycles. The lowest BCUT2D eigenvalue weighted by Gasteiger charge is -2.34. The van der Waals surface area contributed by atoms with Crippen LogP contribution in [0.25, 0.3) is 5.52 Å². The molecule has 3 heterocycles. The zero-order valence-corrected chi connectivity index (χ0v) is 23.9. The first-order chi connectivity index (χ1) is 20.1. The number of nitrogens with two attached hydrogens (primary N) is 1. The quantitative estimate of drug-likeness (QED) is 0.161. The van der Waals surface area contributed by atoms with Crippen LogP contribution in [0.1, 0.15) is 31.6 Å². The molecule has 1 fully saturated rings. The number of nitrogen functional groups attached to an aromatic ring is 1. The highest BCUT2D eigenvalue weighted by molar-refractivity contribution is 7.52. The number of carbonyl (C=O) groups is 1. The van der Waals surface area contributed by atoms with Crippen LogP contribution in [0.3, 0.4) is 0 Å². The maximum Gasteiger partial charge on any atom is 0.459 e. The third-order valence-electron chi connectivity index (χ3n) is 6.72. The number of nitriles is 1. The molecular weight excluding hydrogens is 571 g/mol. The first kappa shape index (κ1) is 31.3. The SMILES string of the molecule is COC(C#N)(COP(=O)(N[C@@H](C)C(=O)OC1CCOCC1)Oc1ccccc1)[C@@H](O)[C@@H](O)c1ccc2c(N)ncnn12. The highest BCUT2D eigenvalue weighted by Crippen LogP contribution is 2.46. The van der Waals surface area contributed by atoms with E-state index in [9.17, 15) is 24.8 Å². The van der Waals surface area contributed by atoms with Crippen molar-refractivity contribution in [1.82, 2.24) is 19.7 Å². The van der Waals surface area contributed by atoms with Gasteiger partial charge in [-0.15, -0.1) is 0 Å². The Morgan fingerprint density at radius 3 is 2.67 bits per heavy atom. The second-order valence-corrected chi connectivity index (χ2v) is 11.3. The van der Waals surface area contributed by atoms with Crippen LogP contribution in [-0.2, 0) is 28.1 Å². The van der Waals surface area contributed by atoms with Crippen LogP contribution < -0.4 is 15.3 Å². The molecule has 5 N–H and O–H groups in total. The lowest BCUT2D eigenvalue weighted by molar-refractivity contribution is -0.154. The van der Waals surface area contributed by atoms with Crippen molar-refractivity contribution < 1.29 is 42.8 Å². The maximum atomic E-state index is 14.0. The van der Waals surface area contributed by atoms with E-state index in [0.29, 0.717) is 31.6 Å². The summed E-state index contributed by atoms with van der Waals surface area (Å²) in [6, 6.07) is 11.6.